The zero-order valence-electron chi connectivity index (χ0n) is 17.7. The summed E-state index contributed by atoms with van der Waals surface area (Å²) >= 11 is 1.48. The molecule has 0 radical (unpaired) electrons. The Balaban J connectivity index is 1.57. The lowest BCUT2D eigenvalue weighted by Gasteiger charge is -2.04. The lowest BCUT2D eigenvalue weighted by Crippen LogP contribution is -2.16. The molecule has 0 fully saturated rings. The standard InChI is InChI=1S/C25H17FN6OS/c26-18-11-13-19(14-12-18)30-16-27-32-24(33)21-22(28-25(30)32)31(20-9-5-2-6-10-20)29-23(21)34-15-17-7-3-1-4-8-17/h1-14,16H,15H2. The summed E-state index contributed by atoms with van der Waals surface area (Å²) in [5.74, 6) is 0.636. The molecule has 0 atom stereocenters. The molecule has 0 N–H and O–H groups in total. The van der Waals surface area contributed by atoms with Gasteiger partial charge in [0, 0.05) is 5.75 Å². The number of aromatic nitrogens is 6. The van der Waals surface area contributed by atoms with E-state index in [0.717, 1.165) is 11.3 Å². The zero-order valence-corrected chi connectivity index (χ0v) is 18.6. The molecule has 0 unspecified atom stereocenters. The van der Waals surface area contributed by atoms with Gasteiger partial charge in [0.1, 0.15) is 22.6 Å². The Kier molecular flexibility index (Phi) is 4.96. The van der Waals surface area contributed by atoms with Crippen molar-refractivity contribution in [3.8, 4) is 11.4 Å². The highest BCUT2D eigenvalue weighted by atomic mass is 32.2. The van der Waals surface area contributed by atoms with E-state index < -0.39 is 0 Å². The smallest absolute Gasteiger partial charge is 0.267 e. The molecule has 0 aliphatic heterocycles. The average Bonchev–Trinajstić information content (AvgIpc) is 3.47. The van der Waals surface area contributed by atoms with Crippen LogP contribution in [0.2, 0.25) is 0 Å². The summed E-state index contributed by atoms with van der Waals surface area (Å²) in [4.78, 5) is 18.4. The van der Waals surface area contributed by atoms with Crippen LogP contribution in [0.1, 0.15) is 5.56 Å². The Morgan fingerprint density at radius 1 is 0.853 bits per heavy atom. The number of nitrogens with zero attached hydrogens (tertiary/aromatic N) is 6. The molecule has 0 bridgehead atoms. The van der Waals surface area contributed by atoms with Crippen molar-refractivity contribution < 1.29 is 4.39 Å². The molecular weight excluding hydrogens is 451 g/mol. The molecule has 0 saturated carbocycles. The number of thioether (sulfide) groups is 1. The fraction of sp³-hybridized carbons (Fsp3) is 0.0400. The molecule has 6 rings (SSSR count). The number of rotatable bonds is 5. The van der Waals surface area contributed by atoms with Gasteiger partial charge in [-0.15, -0.1) is 0 Å². The van der Waals surface area contributed by atoms with Crippen molar-refractivity contribution in [2.75, 3.05) is 0 Å². The number of para-hydroxylation sites is 1. The van der Waals surface area contributed by atoms with Gasteiger partial charge in [-0.05, 0) is 42.0 Å². The number of hydrogen-bond donors (Lipinski definition) is 0. The predicted molar refractivity (Wildman–Crippen MR) is 129 cm³/mol. The topological polar surface area (TPSA) is 70.0 Å². The maximum atomic E-state index is 13.6. The molecule has 0 aliphatic carbocycles. The van der Waals surface area contributed by atoms with E-state index in [4.69, 9.17) is 10.1 Å². The molecule has 0 amide bonds. The summed E-state index contributed by atoms with van der Waals surface area (Å²) < 4.78 is 18.0. The van der Waals surface area contributed by atoms with Gasteiger partial charge in [-0.1, -0.05) is 60.3 Å². The third kappa shape index (κ3) is 3.46. The normalized spacial score (nSPS) is 11.4. The molecule has 7 nitrogen and oxygen atoms in total. The molecule has 3 aromatic heterocycles. The van der Waals surface area contributed by atoms with Gasteiger partial charge in [0.15, 0.2) is 5.65 Å². The number of benzene rings is 3. The first-order valence-electron chi connectivity index (χ1n) is 10.6. The van der Waals surface area contributed by atoms with E-state index in [-0.39, 0.29) is 11.4 Å². The molecule has 0 saturated heterocycles. The zero-order chi connectivity index (χ0) is 23.1. The van der Waals surface area contributed by atoms with Crippen LogP contribution in [-0.2, 0) is 5.75 Å². The van der Waals surface area contributed by atoms with E-state index in [0.29, 0.717) is 33.3 Å². The first kappa shape index (κ1) is 20.4. The molecule has 166 valence electrons. The fourth-order valence-corrected chi connectivity index (χ4v) is 4.75. The van der Waals surface area contributed by atoms with Crippen molar-refractivity contribution in [1.82, 2.24) is 28.9 Å². The molecule has 0 spiro atoms. The Morgan fingerprint density at radius 2 is 1.56 bits per heavy atom. The van der Waals surface area contributed by atoms with Gasteiger partial charge in [0.05, 0.1) is 11.4 Å². The minimum absolute atomic E-state index is 0.307. The number of halogens is 1. The molecule has 3 heterocycles. The number of fused-ring (bicyclic) bond motifs is 2. The number of hydrogen-bond acceptors (Lipinski definition) is 5. The minimum atomic E-state index is -0.345. The van der Waals surface area contributed by atoms with Crippen molar-refractivity contribution >= 4 is 28.6 Å². The van der Waals surface area contributed by atoms with Crippen LogP contribution >= 0.6 is 11.8 Å². The Bertz CT molecular complexity index is 1670. The monoisotopic (exact) mass is 468 g/mol. The van der Waals surface area contributed by atoms with Gasteiger partial charge in [0.2, 0.25) is 5.78 Å². The van der Waals surface area contributed by atoms with Gasteiger partial charge in [-0.2, -0.15) is 19.7 Å². The first-order valence-corrected chi connectivity index (χ1v) is 11.5. The van der Waals surface area contributed by atoms with Crippen LogP contribution < -0.4 is 5.56 Å². The van der Waals surface area contributed by atoms with Crippen molar-refractivity contribution in [2.45, 2.75) is 10.8 Å². The second-order valence-electron chi connectivity index (χ2n) is 7.63. The lowest BCUT2D eigenvalue weighted by molar-refractivity contribution is 0.627. The summed E-state index contributed by atoms with van der Waals surface area (Å²) in [6.07, 6.45) is 1.51. The third-order valence-electron chi connectivity index (χ3n) is 5.45. The van der Waals surface area contributed by atoms with E-state index >= 15 is 0 Å². The van der Waals surface area contributed by atoms with Crippen LogP contribution in [-0.4, -0.2) is 28.9 Å². The quantitative estimate of drug-likeness (QED) is 0.345. The molecular formula is C25H17FN6OS. The third-order valence-corrected chi connectivity index (χ3v) is 6.49. The predicted octanol–water partition coefficient (Wildman–Crippen LogP) is 4.65. The highest BCUT2D eigenvalue weighted by Gasteiger charge is 2.21. The van der Waals surface area contributed by atoms with Crippen molar-refractivity contribution in [2.24, 2.45) is 0 Å². The van der Waals surface area contributed by atoms with Gasteiger partial charge >= 0.3 is 0 Å². The van der Waals surface area contributed by atoms with E-state index in [2.05, 4.69) is 5.10 Å². The summed E-state index contributed by atoms with van der Waals surface area (Å²) in [7, 11) is 0. The van der Waals surface area contributed by atoms with Gasteiger partial charge in [0.25, 0.3) is 5.56 Å². The molecule has 3 aromatic carbocycles. The SMILES string of the molecule is O=c1c2c(SCc3ccccc3)nn(-c3ccccc3)c2nc2n(-c3ccc(F)cc3)cnn12. The van der Waals surface area contributed by atoms with Gasteiger partial charge < -0.3 is 0 Å². The molecule has 34 heavy (non-hydrogen) atoms. The van der Waals surface area contributed by atoms with Crippen LogP contribution in [0.25, 0.3) is 28.2 Å². The lowest BCUT2D eigenvalue weighted by atomic mass is 10.2. The van der Waals surface area contributed by atoms with Crippen LogP contribution in [0, 0.1) is 5.82 Å². The van der Waals surface area contributed by atoms with Crippen molar-refractivity contribution in [1.29, 1.82) is 0 Å². The second-order valence-corrected chi connectivity index (χ2v) is 8.60. The Labute approximate surface area is 197 Å². The summed E-state index contributed by atoms with van der Waals surface area (Å²) in [5, 5.41) is 10.0. The van der Waals surface area contributed by atoms with Crippen LogP contribution in [0.15, 0.2) is 101 Å². The first-order chi connectivity index (χ1) is 16.7. The van der Waals surface area contributed by atoms with Crippen LogP contribution in [0.3, 0.4) is 0 Å². The molecule has 6 aromatic rings. The highest BCUT2D eigenvalue weighted by Crippen LogP contribution is 2.29. The van der Waals surface area contributed by atoms with Crippen molar-refractivity contribution in [3.05, 3.63) is 113 Å². The summed E-state index contributed by atoms with van der Waals surface area (Å²) in [6, 6.07) is 25.5. The van der Waals surface area contributed by atoms with E-state index in [9.17, 15) is 9.18 Å². The summed E-state index contributed by atoms with van der Waals surface area (Å²) in [6.45, 7) is 0. The average molecular weight is 469 g/mol. The minimum Gasteiger partial charge on any atom is -0.267 e. The fourth-order valence-electron chi connectivity index (χ4n) is 3.79. The maximum Gasteiger partial charge on any atom is 0.288 e. The van der Waals surface area contributed by atoms with E-state index in [1.54, 1.807) is 21.4 Å². The molecule has 9 heteroatoms. The largest absolute Gasteiger partial charge is 0.288 e. The molecule has 0 aliphatic rings. The Morgan fingerprint density at radius 3 is 2.29 bits per heavy atom. The second kappa shape index (κ2) is 8.27. The maximum absolute atomic E-state index is 13.6. The Hall–Kier alpha value is -4.24. The van der Waals surface area contributed by atoms with E-state index in [1.807, 2.05) is 60.7 Å². The summed E-state index contributed by atoms with van der Waals surface area (Å²) in [5.41, 5.74) is 2.70. The van der Waals surface area contributed by atoms with Gasteiger partial charge in [-0.25, -0.2) is 9.07 Å². The van der Waals surface area contributed by atoms with Crippen LogP contribution in [0.4, 0.5) is 4.39 Å². The van der Waals surface area contributed by atoms with Crippen molar-refractivity contribution in [3.63, 3.8) is 0 Å². The highest BCUT2D eigenvalue weighted by molar-refractivity contribution is 7.98. The van der Waals surface area contributed by atoms with Gasteiger partial charge in [-0.3, -0.25) is 9.36 Å². The van der Waals surface area contributed by atoms with Crippen LogP contribution in [0.5, 0.6) is 0 Å². The van der Waals surface area contributed by atoms with E-state index in [1.165, 1.54) is 34.7 Å².